The molecule has 0 saturated carbocycles. The fraction of sp³-hybridized carbons (Fsp3) is 0.0833. The number of rotatable bonds is 3. The van der Waals surface area contributed by atoms with Crippen LogP contribution < -0.4 is 0 Å². The molecule has 0 radical (unpaired) electrons. The van der Waals surface area contributed by atoms with Gasteiger partial charge in [0.1, 0.15) is 11.8 Å². The van der Waals surface area contributed by atoms with E-state index >= 15 is 0 Å². The van der Waals surface area contributed by atoms with Crippen LogP contribution in [0, 0.1) is 11.3 Å². The predicted molar refractivity (Wildman–Crippen MR) is 61.5 cm³/mol. The molecule has 92 valence electrons. The van der Waals surface area contributed by atoms with Crippen LogP contribution in [0.5, 0.6) is 0 Å². The van der Waals surface area contributed by atoms with E-state index in [2.05, 4.69) is 23.1 Å². The number of hydrogen-bond donors (Lipinski definition) is 0. The molecule has 0 N–H and O–H groups in total. The van der Waals surface area contributed by atoms with Crippen LogP contribution in [0.4, 0.5) is 13.2 Å². The summed E-state index contributed by atoms with van der Waals surface area (Å²) in [7, 11) is 0. The lowest BCUT2D eigenvalue weighted by atomic mass is 10.1. The van der Waals surface area contributed by atoms with E-state index in [1.807, 2.05) is 0 Å². The summed E-state index contributed by atoms with van der Waals surface area (Å²) in [5, 5.41) is 8.41. The summed E-state index contributed by atoms with van der Waals surface area (Å²) in [4.78, 5) is 7.11. The van der Waals surface area contributed by atoms with E-state index < -0.39 is 11.7 Å². The van der Waals surface area contributed by atoms with E-state index in [0.29, 0.717) is 0 Å². The molecular formula is C12H8F3N3. The highest BCUT2D eigenvalue weighted by Gasteiger charge is 2.31. The monoisotopic (exact) mass is 251 g/mol. The van der Waals surface area contributed by atoms with E-state index in [4.69, 9.17) is 5.26 Å². The number of aliphatic imine (C=N–C) groups is 1. The van der Waals surface area contributed by atoms with Gasteiger partial charge < -0.3 is 0 Å². The van der Waals surface area contributed by atoms with Gasteiger partial charge in [0.2, 0.25) is 0 Å². The van der Waals surface area contributed by atoms with E-state index in [9.17, 15) is 13.2 Å². The number of nitriles is 1. The van der Waals surface area contributed by atoms with Gasteiger partial charge in [-0.1, -0.05) is 13.2 Å². The second kappa shape index (κ2) is 5.27. The Labute approximate surface area is 102 Å². The van der Waals surface area contributed by atoms with Crippen molar-refractivity contribution in [2.75, 3.05) is 0 Å². The summed E-state index contributed by atoms with van der Waals surface area (Å²) < 4.78 is 37.3. The van der Waals surface area contributed by atoms with Crippen LogP contribution in [-0.4, -0.2) is 11.2 Å². The van der Waals surface area contributed by atoms with Gasteiger partial charge in [-0.15, -0.1) is 0 Å². The number of alkyl halides is 3. The number of pyridine rings is 1. The Morgan fingerprint density at radius 3 is 2.61 bits per heavy atom. The van der Waals surface area contributed by atoms with Crippen molar-refractivity contribution in [1.82, 2.24) is 4.98 Å². The van der Waals surface area contributed by atoms with Crippen LogP contribution in [0.2, 0.25) is 0 Å². The minimum absolute atomic E-state index is 0.0592. The zero-order chi connectivity index (χ0) is 13.8. The summed E-state index contributed by atoms with van der Waals surface area (Å²) in [5.74, 6) is 0. The van der Waals surface area contributed by atoms with Crippen molar-refractivity contribution < 1.29 is 13.2 Å². The lowest BCUT2D eigenvalue weighted by Gasteiger charge is -2.07. The Morgan fingerprint density at radius 1 is 1.39 bits per heavy atom. The first-order valence-electron chi connectivity index (χ1n) is 4.69. The molecule has 0 unspecified atom stereocenters. The molecule has 0 bridgehead atoms. The maximum absolute atomic E-state index is 12.4. The highest BCUT2D eigenvalue weighted by molar-refractivity contribution is 6.09. The van der Waals surface area contributed by atoms with Crippen molar-refractivity contribution in [3.63, 3.8) is 0 Å². The van der Waals surface area contributed by atoms with E-state index in [0.717, 1.165) is 12.3 Å². The minimum atomic E-state index is -4.46. The Bertz CT molecular complexity index is 550. The molecule has 0 spiro atoms. The zero-order valence-electron chi connectivity index (χ0n) is 9.20. The number of allylic oxidation sites excluding steroid dienone is 2. The van der Waals surface area contributed by atoms with Crippen molar-refractivity contribution >= 4 is 11.8 Å². The highest BCUT2D eigenvalue weighted by atomic mass is 19.4. The summed E-state index contributed by atoms with van der Waals surface area (Å²) in [6.07, 6.45) is -1.33. The van der Waals surface area contributed by atoms with Gasteiger partial charge in [-0.05, 0) is 11.6 Å². The largest absolute Gasteiger partial charge is 0.417 e. The van der Waals surface area contributed by atoms with Crippen molar-refractivity contribution in [1.29, 1.82) is 5.26 Å². The number of nitrogens with zero attached hydrogens (tertiary/aromatic N) is 3. The average molecular weight is 251 g/mol. The van der Waals surface area contributed by atoms with Crippen LogP contribution in [0.15, 0.2) is 42.3 Å². The fourth-order valence-electron chi connectivity index (χ4n) is 1.03. The van der Waals surface area contributed by atoms with Gasteiger partial charge in [-0.3, -0.25) is 4.98 Å². The first kappa shape index (κ1) is 13.6. The molecule has 0 aliphatic rings. The summed E-state index contributed by atoms with van der Waals surface area (Å²) >= 11 is 0. The summed E-state index contributed by atoms with van der Waals surface area (Å²) in [5.41, 5.74) is -0.533. The SMILES string of the molecule is C=C(C#N)/N=C/C(=C)c1cncc(C(F)(F)F)c1. The predicted octanol–water partition coefficient (Wildman–Crippen LogP) is 3.22. The first-order chi connectivity index (χ1) is 8.34. The molecule has 6 heteroatoms. The van der Waals surface area contributed by atoms with Gasteiger partial charge in [0, 0.05) is 24.2 Å². The maximum atomic E-state index is 12.4. The van der Waals surface area contributed by atoms with Gasteiger partial charge in [-0.25, -0.2) is 4.99 Å². The zero-order valence-corrected chi connectivity index (χ0v) is 9.20. The fourth-order valence-corrected chi connectivity index (χ4v) is 1.03. The third kappa shape index (κ3) is 3.56. The molecule has 3 nitrogen and oxygen atoms in total. The van der Waals surface area contributed by atoms with Crippen molar-refractivity contribution in [2.45, 2.75) is 6.18 Å². The molecule has 0 saturated heterocycles. The van der Waals surface area contributed by atoms with Crippen molar-refractivity contribution in [3.05, 3.63) is 48.4 Å². The molecular weight excluding hydrogens is 243 g/mol. The first-order valence-corrected chi connectivity index (χ1v) is 4.69. The lowest BCUT2D eigenvalue weighted by Crippen LogP contribution is -2.06. The second-order valence-corrected chi connectivity index (χ2v) is 3.30. The van der Waals surface area contributed by atoms with Gasteiger partial charge >= 0.3 is 6.18 Å². The third-order valence-electron chi connectivity index (χ3n) is 1.94. The number of aromatic nitrogens is 1. The quantitative estimate of drug-likeness (QED) is 0.611. The summed E-state index contributed by atoms with van der Waals surface area (Å²) in [6.45, 7) is 6.85. The van der Waals surface area contributed by atoms with E-state index in [1.54, 1.807) is 6.07 Å². The van der Waals surface area contributed by atoms with Crippen molar-refractivity contribution in [3.8, 4) is 6.07 Å². The van der Waals surface area contributed by atoms with Crippen LogP contribution >= 0.6 is 0 Å². The molecule has 18 heavy (non-hydrogen) atoms. The van der Waals surface area contributed by atoms with Crippen LogP contribution in [0.1, 0.15) is 11.1 Å². The van der Waals surface area contributed by atoms with Crippen molar-refractivity contribution in [2.24, 2.45) is 4.99 Å². The Balaban J connectivity index is 2.98. The smallest absolute Gasteiger partial charge is 0.263 e. The molecule has 0 amide bonds. The molecule has 0 atom stereocenters. The molecule has 1 heterocycles. The molecule has 0 aliphatic carbocycles. The standard InChI is InChI=1S/C12H8F3N3/c1-8(5-18-9(2)4-16)10-3-11(7-17-6-10)12(13,14)15/h3,5-7H,1-2H2/b18-5+. The van der Waals surface area contributed by atoms with Gasteiger partial charge in [0.05, 0.1) is 5.56 Å². The maximum Gasteiger partial charge on any atom is 0.417 e. The number of halogens is 3. The minimum Gasteiger partial charge on any atom is -0.263 e. The third-order valence-corrected chi connectivity index (χ3v) is 1.94. The average Bonchev–Trinajstić information content (AvgIpc) is 2.34. The molecule has 1 rings (SSSR count). The Kier molecular flexibility index (Phi) is 4.00. The Hall–Kier alpha value is -2.42. The van der Waals surface area contributed by atoms with Crippen LogP contribution in [0.25, 0.3) is 5.57 Å². The molecule has 0 aromatic carbocycles. The highest BCUT2D eigenvalue weighted by Crippen LogP contribution is 2.29. The number of hydrogen-bond acceptors (Lipinski definition) is 3. The van der Waals surface area contributed by atoms with Gasteiger partial charge in [-0.2, -0.15) is 18.4 Å². The topological polar surface area (TPSA) is 49.0 Å². The normalized spacial score (nSPS) is 11.2. The Morgan fingerprint density at radius 2 is 2.06 bits per heavy atom. The van der Waals surface area contributed by atoms with E-state index in [-0.39, 0.29) is 16.8 Å². The van der Waals surface area contributed by atoms with Crippen LogP contribution in [-0.2, 0) is 6.18 Å². The molecule has 0 aliphatic heterocycles. The molecule has 0 fully saturated rings. The van der Waals surface area contributed by atoms with E-state index in [1.165, 1.54) is 12.4 Å². The lowest BCUT2D eigenvalue weighted by molar-refractivity contribution is -0.137. The summed E-state index contributed by atoms with van der Waals surface area (Å²) in [6, 6.07) is 2.59. The van der Waals surface area contributed by atoms with Gasteiger partial charge in [0.15, 0.2) is 0 Å². The van der Waals surface area contributed by atoms with Crippen LogP contribution in [0.3, 0.4) is 0 Å². The second-order valence-electron chi connectivity index (χ2n) is 3.30. The molecule has 1 aromatic heterocycles. The van der Waals surface area contributed by atoms with Gasteiger partial charge in [0.25, 0.3) is 0 Å². The molecule has 1 aromatic rings.